The Hall–Kier alpha value is -4.43. The zero-order valence-electron chi connectivity index (χ0n) is 21.4. The third-order valence-corrected chi connectivity index (χ3v) is 6.26. The maximum atomic E-state index is 12.7. The van der Waals surface area contributed by atoms with Crippen LogP contribution < -0.4 is 24.3 Å². The molecule has 38 heavy (non-hydrogen) atoms. The van der Waals surface area contributed by atoms with E-state index in [9.17, 15) is 4.79 Å². The summed E-state index contributed by atoms with van der Waals surface area (Å²) in [5, 5.41) is 2.91. The van der Waals surface area contributed by atoms with Gasteiger partial charge in [-0.2, -0.15) is 0 Å². The molecule has 0 fully saturated rings. The van der Waals surface area contributed by atoms with Gasteiger partial charge in [0, 0.05) is 19.6 Å². The van der Waals surface area contributed by atoms with E-state index in [1.54, 1.807) is 20.3 Å². The van der Waals surface area contributed by atoms with E-state index in [2.05, 4.69) is 10.2 Å². The Morgan fingerprint density at radius 2 is 1.53 bits per heavy atom. The van der Waals surface area contributed by atoms with Crippen LogP contribution in [0.15, 0.2) is 83.3 Å². The average Bonchev–Trinajstić information content (AvgIpc) is 3.61. The van der Waals surface area contributed by atoms with Crippen molar-refractivity contribution in [3.8, 4) is 23.0 Å². The van der Waals surface area contributed by atoms with Gasteiger partial charge in [-0.15, -0.1) is 0 Å². The van der Waals surface area contributed by atoms with Crippen molar-refractivity contribution in [2.45, 2.75) is 26.2 Å². The first-order valence-electron chi connectivity index (χ1n) is 12.3. The normalized spacial score (nSPS) is 12.0. The molecule has 0 atom stereocenters. The average molecular weight is 515 g/mol. The molecule has 8 nitrogen and oxygen atoms in total. The Morgan fingerprint density at radius 3 is 2.32 bits per heavy atom. The van der Waals surface area contributed by atoms with Gasteiger partial charge in [0.05, 0.1) is 20.8 Å². The van der Waals surface area contributed by atoms with Crippen molar-refractivity contribution in [2.24, 2.45) is 0 Å². The van der Waals surface area contributed by atoms with Crippen molar-refractivity contribution in [1.82, 2.24) is 10.2 Å². The van der Waals surface area contributed by atoms with Crippen LogP contribution in [0.2, 0.25) is 0 Å². The molecule has 0 saturated heterocycles. The first-order valence-corrected chi connectivity index (χ1v) is 12.3. The third kappa shape index (κ3) is 6.10. The number of methoxy groups -OCH3 is 2. The monoisotopic (exact) mass is 514 g/mol. The van der Waals surface area contributed by atoms with Crippen LogP contribution in [0.25, 0.3) is 0 Å². The number of hydrogen-bond donors (Lipinski definition) is 1. The second-order valence-electron chi connectivity index (χ2n) is 8.96. The molecule has 0 aliphatic carbocycles. The predicted molar refractivity (Wildman–Crippen MR) is 141 cm³/mol. The minimum absolute atomic E-state index is 0.232. The van der Waals surface area contributed by atoms with Gasteiger partial charge in [0.2, 0.25) is 6.79 Å². The molecule has 1 aliphatic heterocycles. The van der Waals surface area contributed by atoms with Crippen LogP contribution in [0.1, 0.15) is 33.0 Å². The molecule has 0 saturated carbocycles. The van der Waals surface area contributed by atoms with Crippen LogP contribution in [-0.4, -0.2) is 31.8 Å². The van der Waals surface area contributed by atoms with Gasteiger partial charge >= 0.3 is 0 Å². The maximum Gasteiger partial charge on any atom is 0.287 e. The number of fused-ring (bicyclic) bond motifs is 1. The summed E-state index contributed by atoms with van der Waals surface area (Å²) >= 11 is 0. The summed E-state index contributed by atoms with van der Waals surface area (Å²) in [6, 6.07) is 25.2. The fourth-order valence-electron chi connectivity index (χ4n) is 4.37. The molecule has 0 radical (unpaired) electrons. The van der Waals surface area contributed by atoms with Gasteiger partial charge < -0.3 is 28.7 Å². The molecule has 4 aromatic rings. The third-order valence-electron chi connectivity index (χ3n) is 6.26. The van der Waals surface area contributed by atoms with Crippen molar-refractivity contribution < 1.29 is 28.2 Å². The highest BCUT2D eigenvalue weighted by molar-refractivity contribution is 5.91. The lowest BCUT2D eigenvalue weighted by Crippen LogP contribution is -2.23. The lowest BCUT2D eigenvalue weighted by molar-refractivity contribution is 0.0918. The van der Waals surface area contributed by atoms with E-state index >= 15 is 0 Å². The Balaban J connectivity index is 1.31. The quantitative estimate of drug-likeness (QED) is 0.296. The molecule has 5 rings (SSSR count). The molecule has 3 aromatic carbocycles. The number of nitrogens with zero attached hydrogens (tertiary/aromatic N) is 1. The van der Waals surface area contributed by atoms with Gasteiger partial charge in [0.1, 0.15) is 5.76 Å². The Bertz CT molecular complexity index is 1380. The second kappa shape index (κ2) is 11.7. The van der Waals surface area contributed by atoms with Crippen LogP contribution >= 0.6 is 0 Å². The van der Waals surface area contributed by atoms with Gasteiger partial charge in [0.15, 0.2) is 28.8 Å². The van der Waals surface area contributed by atoms with Gasteiger partial charge in [-0.05, 0) is 53.1 Å². The van der Waals surface area contributed by atoms with Crippen LogP contribution in [0.5, 0.6) is 23.0 Å². The van der Waals surface area contributed by atoms with Crippen LogP contribution in [0.4, 0.5) is 0 Å². The summed E-state index contributed by atoms with van der Waals surface area (Å²) in [6.45, 7) is 2.40. The summed E-state index contributed by atoms with van der Waals surface area (Å²) in [4.78, 5) is 14.9. The second-order valence-corrected chi connectivity index (χ2v) is 8.96. The number of benzene rings is 3. The molecule has 2 heterocycles. The van der Waals surface area contributed by atoms with Crippen LogP contribution in [0.3, 0.4) is 0 Å². The maximum absolute atomic E-state index is 12.7. The lowest BCUT2D eigenvalue weighted by Gasteiger charge is -2.22. The van der Waals surface area contributed by atoms with Crippen LogP contribution in [-0.2, 0) is 26.2 Å². The summed E-state index contributed by atoms with van der Waals surface area (Å²) in [5.74, 6) is 3.56. The van der Waals surface area contributed by atoms with Crippen molar-refractivity contribution in [3.05, 3.63) is 107 Å². The van der Waals surface area contributed by atoms with E-state index in [0.29, 0.717) is 43.4 Å². The van der Waals surface area contributed by atoms with Gasteiger partial charge in [0.25, 0.3) is 5.91 Å². The number of carbonyl (C=O) groups is 1. The molecule has 0 bridgehead atoms. The molecule has 1 N–H and O–H groups in total. The molecule has 1 aliphatic rings. The zero-order chi connectivity index (χ0) is 26.3. The molecule has 0 unspecified atom stereocenters. The molecule has 8 heteroatoms. The molecule has 0 spiro atoms. The van der Waals surface area contributed by atoms with Gasteiger partial charge in [-0.1, -0.05) is 42.5 Å². The number of carbonyl (C=O) groups excluding carboxylic acids is 1. The molecular formula is C30H30N2O6. The first-order chi connectivity index (χ1) is 18.6. The number of ether oxygens (including phenoxy) is 4. The summed E-state index contributed by atoms with van der Waals surface area (Å²) in [7, 11) is 3.24. The smallest absolute Gasteiger partial charge is 0.287 e. The van der Waals surface area contributed by atoms with Gasteiger partial charge in [-0.3, -0.25) is 9.69 Å². The SMILES string of the molecule is COc1ccc(CN(Cc2ccc3c(c2)OCO3)Cc2ccc(C(=O)NCc3ccccc3)o2)cc1OC. The van der Waals surface area contributed by atoms with E-state index in [1.165, 1.54) is 0 Å². The number of amides is 1. The van der Waals surface area contributed by atoms with Crippen molar-refractivity contribution in [2.75, 3.05) is 21.0 Å². The fourth-order valence-corrected chi connectivity index (χ4v) is 4.37. The summed E-state index contributed by atoms with van der Waals surface area (Å²) in [5.41, 5.74) is 3.15. The molecule has 1 aromatic heterocycles. The van der Waals surface area contributed by atoms with E-state index in [1.807, 2.05) is 72.8 Å². The van der Waals surface area contributed by atoms with Crippen molar-refractivity contribution in [1.29, 1.82) is 0 Å². The minimum Gasteiger partial charge on any atom is -0.493 e. The summed E-state index contributed by atoms with van der Waals surface area (Å²) in [6.07, 6.45) is 0. The Morgan fingerprint density at radius 1 is 0.789 bits per heavy atom. The lowest BCUT2D eigenvalue weighted by atomic mass is 10.1. The fraction of sp³-hybridized carbons (Fsp3) is 0.233. The molecule has 1 amide bonds. The number of hydrogen-bond acceptors (Lipinski definition) is 7. The van der Waals surface area contributed by atoms with Crippen molar-refractivity contribution in [3.63, 3.8) is 0 Å². The topological polar surface area (TPSA) is 82.4 Å². The number of furan rings is 1. The standard InChI is InChI=1S/C30H30N2O6/c1-34-25-11-8-22(14-28(25)35-2)17-32(18-23-9-12-26-29(15-23)37-20-36-26)19-24-10-13-27(38-24)30(33)31-16-21-6-4-3-5-7-21/h3-15H,16-20H2,1-2H3,(H,31,33). The predicted octanol–water partition coefficient (Wildman–Crippen LogP) is 5.16. The van der Waals surface area contributed by atoms with E-state index in [-0.39, 0.29) is 18.5 Å². The number of nitrogens with one attached hydrogen (secondary N) is 1. The van der Waals surface area contributed by atoms with Gasteiger partial charge in [-0.25, -0.2) is 0 Å². The highest BCUT2D eigenvalue weighted by atomic mass is 16.7. The van der Waals surface area contributed by atoms with E-state index < -0.39 is 0 Å². The Labute approximate surface area is 221 Å². The number of rotatable bonds is 11. The molecule has 196 valence electrons. The zero-order valence-corrected chi connectivity index (χ0v) is 21.4. The highest BCUT2D eigenvalue weighted by Gasteiger charge is 2.18. The van der Waals surface area contributed by atoms with Crippen molar-refractivity contribution >= 4 is 5.91 Å². The largest absolute Gasteiger partial charge is 0.493 e. The summed E-state index contributed by atoms with van der Waals surface area (Å²) < 4.78 is 27.9. The molecular weight excluding hydrogens is 484 g/mol. The van der Waals surface area contributed by atoms with E-state index in [4.69, 9.17) is 23.4 Å². The first kappa shape index (κ1) is 25.2. The minimum atomic E-state index is -0.248. The van der Waals surface area contributed by atoms with Crippen LogP contribution in [0, 0.1) is 0 Å². The highest BCUT2D eigenvalue weighted by Crippen LogP contribution is 2.33. The Kier molecular flexibility index (Phi) is 7.80. The van der Waals surface area contributed by atoms with E-state index in [0.717, 1.165) is 28.2 Å².